The lowest BCUT2D eigenvalue weighted by Gasteiger charge is -2.51. The molecule has 0 aromatic heterocycles. The Morgan fingerprint density at radius 3 is 2.63 bits per heavy atom. The second-order valence-electron chi connectivity index (χ2n) is 5.97. The van der Waals surface area contributed by atoms with Gasteiger partial charge in [-0.1, -0.05) is 13.8 Å². The van der Waals surface area contributed by atoms with Crippen LogP contribution in [0.25, 0.3) is 0 Å². The average Bonchev–Trinajstić information content (AvgIpc) is 2.82. The highest BCUT2D eigenvalue weighted by atomic mass is 16.5. The van der Waals surface area contributed by atoms with E-state index in [4.69, 9.17) is 9.84 Å². The van der Waals surface area contributed by atoms with Gasteiger partial charge in [0.15, 0.2) is 0 Å². The fourth-order valence-electron chi connectivity index (χ4n) is 3.03. The lowest BCUT2D eigenvalue weighted by molar-refractivity contribution is -0.141. The summed E-state index contributed by atoms with van der Waals surface area (Å²) in [7, 11) is 1.67. The highest BCUT2D eigenvalue weighted by molar-refractivity contribution is 5.83. The number of carboxylic acids is 1. The van der Waals surface area contributed by atoms with Crippen LogP contribution >= 0.6 is 0 Å². The van der Waals surface area contributed by atoms with Crippen LogP contribution in [-0.2, 0) is 9.53 Å². The number of nitrogens with zero attached hydrogens (tertiary/aromatic N) is 1. The maximum atomic E-state index is 12.2. The van der Waals surface area contributed by atoms with Crippen molar-refractivity contribution in [2.75, 3.05) is 13.7 Å². The quantitative estimate of drug-likeness (QED) is 0.803. The number of nitrogens with one attached hydrogen (secondary N) is 1. The summed E-state index contributed by atoms with van der Waals surface area (Å²) < 4.78 is 5.34. The molecule has 1 aliphatic carbocycles. The third-order valence-electron chi connectivity index (χ3n) is 4.56. The van der Waals surface area contributed by atoms with Crippen LogP contribution in [0.3, 0.4) is 0 Å². The van der Waals surface area contributed by atoms with E-state index < -0.39 is 12.0 Å². The van der Waals surface area contributed by atoms with Crippen LogP contribution in [0.1, 0.15) is 33.1 Å². The summed E-state index contributed by atoms with van der Waals surface area (Å²) in [6.07, 6.45) is 2.21. The molecule has 6 heteroatoms. The number of hydrogen-bond acceptors (Lipinski definition) is 3. The van der Waals surface area contributed by atoms with Gasteiger partial charge in [0.25, 0.3) is 0 Å². The molecule has 2 amide bonds. The van der Waals surface area contributed by atoms with Gasteiger partial charge in [-0.05, 0) is 19.3 Å². The van der Waals surface area contributed by atoms with E-state index in [1.165, 1.54) is 4.90 Å². The average molecular weight is 270 g/mol. The van der Waals surface area contributed by atoms with E-state index in [9.17, 15) is 9.59 Å². The van der Waals surface area contributed by atoms with Gasteiger partial charge in [0.1, 0.15) is 6.04 Å². The molecule has 1 saturated heterocycles. The van der Waals surface area contributed by atoms with Crippen molar-refractivity contribution in [2.24, 2.45) is 5.41 Å². The first-order valence-corrected chi connectivity index (χ1v) is 6.70. The molecule has 108 valence electrons. The van der Waals surface area contributed by atoms with Crippen molar-refractivity contribution in [1.29, 1.82) is 0 Å². The lowest BCUT2D eigenvalue weighted by atomic mass is 9.64. The van der Waals surface area contributed by atoms with Gasteiger partial charge < -0.3 is 20.1 Å². The normalized spacial score (nSPS) is 32.8. The fourth-order valence-corrected chi connectivity index (χ4v) is 3.03. The Balaban J connectivity index is 1.94. The Hall–Kier alpha value is -1.30. The van der Waals surface area contributed by atoms with E-state index in [0.717, 1.165) is 12.8 Å². The molecule has 0 aromatic rings. The zero-order valence-corrected chi connectivity index (χ0v) is 11.7. The molecule has 19 heavy (non-hydrogen) atoms. The van der Waals surface area contributed by atoms with E-state index in [2.05, 4.69) is 5.32 Å². The Kier molecular flexibility index (Phi) is 3.71. The molecular formula is C13H22N2O4. The smallest absolute Gasteiger partial charge is 0.326 e. The number of carboxylic acid groups (broad SMARTS) is 1. The Morgan fingerprint density at radius 2 is 2.11 bits per heavy atom. The minimum Gasteiger partial charge on any atom is -0.480 e. The first kappa shape index (κ1) is 14.1. The molecule has 2 rings (SSSR count). The number of likely N-dealkylation sites (tertiary alicyclic amines) is 1. The highest BCUT2D eigenvalue weighted by Crippen LogP contribution is 2.42. The summed E-state index contributed by atoms with van der Waals surface area (Å²) >= 11 is 0. The van der Waals surface area contributed by atoms with Gasteiger partial charge in [-0.15, -0.1) is 0 Å². The third kappa shape index (κ3) is 2.41. The van der Waals surface area contributed by atoms with Gasteiger partial charge in [0.2, 0.25) is 0 Å². The van der Waals surface area contributed by atoms with Gasteiger partial charge in [0, 0.05) is 25.1 Å². The number of hydrogen-bond donors (Lipinski definition) is 2. The summed E-state index contributed by atoms with van der Waals surface area (Å²) in [6.45, 7) is 4.62. The highest BCUT2D eigenvalue weighted by Gasteiger charge is 2.50. The molecule has 1 saturated carbocycles. The van der Waals surface area contributed by atoms with Crippen LogP contribution in [0.2, 0.25) is 0 Å². The molecule has 6 nitrogen and oxygen atoms in total. The van der Waals surface area contributed by atoms with E-state index in [1.807, 2.05) is 13.8 Å². The van der Waals surface area contributed by atoms with Gasteiger partial charge in [-0.3, -0.25) is 0 Å². The fraction of sp³-hybridized carbons (Fsp3) is 0.846. The molecule has 2 fully saturated rings. The number of ether oxygens (including phenoxy) is 1. The topological polar surface area (TPSA) is 78.9 Å². The Bertz CT molecular complexity index is 383. The van der Waals surface area contributed by atoms with E-state index in [1.54, 1.807) is 7.11 Å². The number of aliphatic carboxylic acids is 1. The minimum atomic E-state index is -0.921. The summed E-state index contributed by atoms with van der Waals surface area (Å²) in [5.41, 5.74) is -0.108. The number of methoxy groups -OCH3 is 1. The lowest BCUT2D eigenvalue weighted by Crippen LogP contribution is -2.63. The first-order chi connectivity index (χ1) is 8.87. The number of urea groups is 1. The molecular weight excluding hydrogens is 248 g/mol. The molecule has 0 aromatic carbocycles. The van der Waals surface area contributed by atoms with Crippen LogP contribution < -0.4 is 5.32 Å². The van der Waals surface area contributed by atoms with Crippen LogP contribution in [0.15, 0.2) is 0 Å². The predicted molar refractivity (Wildman–Crippen MR) is 68.9 cm³/mol. The van der Waals surface area contributed by atoms with Gasteiger partial charge in [-0.2, -0.15) is 0 Å². The Morgan fingerprint density at radius 1 is 1.42 bits per heavy atom. The second-order valence-corrected chi connectivity index (χ2v) is 5.97. The van der Waals surface area contributed by atoms with Gasteiger partial charge >= 0.3 is 12.0 Å². The van der Waals surface area contributed by atoms with Crippen LogP contribution in [-0.4, -0.2) is 53.8 Å². The van der Waals surface area contributed by atoms with Crippen molar-refractivity contribution >= 4 is 12.0 Å². The van der Waals surface area contributed by atoms with Crippen molar-refractivity contribution in [2.45, 2.75) is 51.3 Å². The first-order valence-electron chi connectivity index (χ1n) is 6.70. The molecule has 0 radical (unpaired) electrons. The van der Waals surface area contributed by atoms with Crippen molar-refractivity contribution < 1.29 is 19.4 Å². The zero-order chi connectivity index (χ0) is 14.2. The standard InChI is InChI=1S/C13H22N2O4/c1-13(2)9(7-10(13)19-3)14-12(18)15-6-4-5-8(15)11(16)17/h8-10H,4-7H2,1-3H3,(H,14,18)(H,16,17)/t8-,9?,10?/m1/s1. The molecule has 0 spiro atoms. The second kappa shape index (κ2) is 5.00. The van der Waals surface area contributed by atoms with Gasteiger partial charge in [0.05, 0.1) is 6.10 Å². The van der Waals surface area contributed by atoms with Crippen molar-refractivity contribution in [3.05, 3.63) is 0 Å². The van der Waals surface area contributed by atoms with E-state index in [-0.39, 0.29) is 23.6 Å². The summed E-state index contributed by atoms with van der Waals surface area (Å²) in [5, 5.41) is 12.0. The van der Waals surface area contributed by atoms with Gasteiger partial charge in [-0.25, -0.2) is 9.59 Å². The summed E-state index contributed by atoms with van der Waals surface area (Å²) in [5.74, 6) is -0.921. The summed E-state index contributed by atoms with van der Waals surface area (Å²) in [6, 6.07) is -0.904. The minimum absolute atomic E-state index is 0.0417. The molecule has 3 atom stereocenters. The SMILES string of the molecule is COC1CC(NC(=O)N2CCC[C@@H]2C(=O)O)C1(C)C. The van der Waals surface area contributed by atoms with E-state index >= 15 is 0 Å². The molecule has 1 aliphatic heterocycles. The number of carbonyl (C=O) groups is 2. The number of rotatable bonds is 3. The van der Waals surface area contributed by atoms with Crippen LogP contribution in [0.5, 0.6) is 0 Å². The van der Waals surface area contributed by atoms with Crippen LogP contribution in [0, 0.1) is 5.41 Å². The van der Waals surface area contributed by atoms with Crippen molar-refractivity contribution in [3.8, 4) is 0 Å². The van der Waals surface area contributed by atoms with Crippen molar-refractivity contribution in [1.82, 2.24) is 10.2 Å². The predicted octanol–water partition coefficient (Wildman–Crippen LogP) is 1.06. The Labute approximate surface area is 113 Å². The van der Waals surface area contributed by atoms with E-state index in [0.29, 0.717) is 13.0 Å². The zero-order valence-electron chi connectivity index (χ0n) is 11.7. The summed E-state index contributed by atoms with van der Waals surface area (Å²) in [4.78, 5) is 24.7. The molecule has 2 unspecified atom stereocenters. The maximum Gasteiger partial charge on any atom is 0.326 e. The molecule has 2 N–H and O–H groups in total. The van der Waals surface area contributed by atoms with Crippen molar-refractivity contribution in [3.63, 3.8) is 0 Å². The molecule has 2 aliphatic rings. The number of carbonyl (C=O) groups excluding carboxylic acids is 1. The number of amides is 2. The maximum absolute atomic E-state index is 12.2. The largest absolute Gasteiger partial charge is 0.480 e. The molecule has 0 bridgehead atoms. The third-order valence-corrected chi connectivity index (χ3v) is 4.56. The monoisotopic (exact) mass is 270 g/mol. The molecule has 1 heterocycles. The van der Waals surface area contributed by atoms with Crippen LogP contribution in [0.4, 0.5) is 4.79 Å².